The van der Waals surface area contributed by atoms with E-state index in [2.05, 4.69) is 24.4 Å². The van der Waals surface area contributed by atoms with E-state index in [1.54, 1.807) is 6.08 Å². The highest BCUT2D eigenvalue weighted by Gasteiger charge is 2.22. The Labute approximate surface area is 297 Å². The van der Waals surface area contributed by atoms with E-state index in [9.17, 15) is 19.3 Å². The Balaban J connectivity index is 4.13. The van der Waals surface area contributed by atoms with Crippen molar-refractivity contribution in [2.75, 3.05) is 13.2 Å². The number of rotatable bonds is 34. The molecule has 0 aromatic heterocycles. The van der Waals surface area contributed by atoms with E-state index in [0.717, 1.165) is 32.1 Å². The molecular weight excluding hydrogens is 643 g/mol. The minimum atomic E-state index is -4.77. The number of esters is 2. The zero-order chi connectivity index (χ0) is 36.3. The van der Waals surface area contributed by atoms with Gasteiger partial charge in [-0.3, -0.25) is 14.1 Å². The number of phosphoric acid groups is 1. The van der Waals surface area contributed by atoms with Gasteiger partial charge in [0, 0.05) is 12.8 Å². The van der Waals surface area contributed by atoms with Gasteiger partial charge in [0.25, 0.3) is 0 Å². The third-order valence-electron chi connectivity index (χ3n) is 7.93. The Morgan fingerprint density at radius 1 is 0.633 bits per heavy atom. The number of carbonyl (C=O) groups excluding carboxylic acids is 2. The van der Waals surface area contributed by atoms with E-state index in [1.165, 1.54) is 77.0 Å². The smallest absolute Gasteiger partial charge is 0.462 e. The van der Waals surface area contributed by atoms with Crippen molar-refractivity contribution in [1.82, 2.24) is 0 Å². The molecule has 0 aromatic rings. The summed E-state index contributed by atoms with van der Waals surface area (Å²) in [5.41, 5.74) is 0. The molecule has 284 valence electrons. The molecular formula is C39H69O9P. The predicted octanol–water partition coefficient (Wildman–Crippen LogP) is 10.1. The quantitative estimate of drug-likeness (QED) is 0.0195. The van der Waals surface area contributed by atoms with Crippen molar-refractivity contribution in [1.29, 1.82) is 0 Å². The molecule has 49 heavy (non-hydrogen) atoms. The molecule has 0 aliphatic heterocycles. The third kappa shape index (κ3) is 37.1. The van der Waals surface area contributed by atoms with Gasteiger partial charge in [0.2, 0.25) is 0 Å². The Morgan fingerprint density at radius 3 is 1.82 bits per heavy atom. The van der Waals surface area contributed by atoms with Crippen LogP contribution in [0, 0.1) is 0 Å². The van der Waals surface area contributed by atoms with Gasteiger partial charge in [-0.15, -0.1) is 0 Å². The SMILES string of the molecule is CCCCC/C=C\C[C@@H](O)/C=C/C=C\C/C=C\CCCC(=O)OC[C@H](COP(=O)(O)O)OC(=O)CCCCCCCCCCCCCCC. The average Bonchev–Trinajstić information content (AvgIpc) is 3.06. The van der Waals surface area contributed by atoms with Gasteiger partial charge in [0.05, 0.1) is 12.7 Å². The molecule has 10 heteroatoms. The molecule has 0 aromatic carbocycles. The third-order valence-corrected chi connectivity index (χ3v) is 8.42. The van der Waals surface area contributed by atoms with Crippen LogP contribution in [0.15, 0.2) is 48.6 Å². The number of allylic oxidation sites excluding steroid dienone is 6. The van der Waals surface area contributed by atoms with E-state index in [-0.39, 0.29) is 19.4 Å². The summed E-state index contributed by atoms with van der Waals surface area (Å²) in [4.78, 5) is 42.7. The van der Waals surface area contributed by atoms with Crippen LogP contribution in [-0.2, 0) is 28.2 Å². The minimum absolute atomic E-state index is 0.160. The number of unbranched alkanes of at least 4 members (excludes halogenated alkanes) is 16. The van der Waals surface area contributed by atoms with Crippen LogP contribution in [0.5, 0.6) is 0 Å². The predicted molar refractivity (Wildman–Crippen MR) is 199 cm³/mol. The number of phosphoric ester groups is 1. The maximum absolute atomic E-state index is 12.3. The molecule has 0 aliphatic rings. The highest BCUT2D eigenvalue weighted by atomic mass is 31.2. The maximum Gasteiger partial charge on any atom is 0.469 e. The topological polar surface area (TPSA) is 140 Å². The van der Waals surface area contributed by atoms with E-state index >= 15 is 0 Å². The van der Waals surface area contributed by atoms with E-state index in [0.29, 0.717) is 25.7 Å². The molecule has 0 fully saturated rings. The lowest BCUT2D eigenvalue weighted by atomic mass is 10.0. The first-order valence-electron chi connectivity index (χ1n) is 19.0. The summed E-state index contributed by atoms with van der Waals surface area (Å²) in [6.07, 6.45) is 37.2. The lowest BCUT2D eigenvalue weighted by Gasteiger charge is -2.18. The lowest BCUT2D eigenvalue weighted by molar-refractivity contribution is -0.161. The monoisotopic (exact) mass is 712 g/mol. The van der Waals surface area contributed by atoms with Gasteiger partial charge in [-0.2, -0.15) is 0 Å². The van der Waals surface area contributed by atoms with Gasteiger partial charge >= 0.3 is 19.8 Å². The Morgan fingerprint density at radius 2 is 1.18 bits per heavy atom. The van der Waals surface area contributed by atoms with Crippen LogP contribution in [0.2, 0.25) is 0 Å². The summed E-state index contributed by atoms with van der Waals surface area (Å²) in [6, 6.07) is 0. The van der Waals surface area contributed by atoms with Crippen molar-refractivity contribution in [2.45, 2.75) is 174 Å². The standard InChI is InChI=1S/C39H69O9P/c1-3-5-7-9-11-12-13-14-15-16-21-25-29-33-39(42)48-37(35-47-49(43,44)45)34-46-38(41)32-28-24-20-18-17-19-23-27-31-36(40)30-26-22-10-8-6-4-2/h18-20,22-23,26-27,31,36-37,40H,3-17,21,24-25,28-30,32-35H2,1-2H3,(H2,43,44,45)/b20-18-,23-19-,26-22-,31-27+/t36-,37-/m1/s1. The highest BCUT2D eigenvalue weighted by Crippen LogP contribution is 2.36. The van der Waals surface area contributed by atoms with Crippen LogP contribution in [0.3, 0.4) is 0 Å². The van der Waals surface area contributed by atoms with Crippen molar-refractivity contribution in [3.63, 3.8) is 0 Å². The van der Waals surface area contributed by atoms with Crippen molar-refractivity contribution in [3.8, 4) is 0 Å². The number of hydrogen-bond donors (Lipinski definition) is 3. The molecule has 0 spiro atoms. The van der Waals surface area contributed by atoms with Crippen LogP contribution in [0.4, 0.5) is 0 Å². The fourth-order valence-corrected chi connectivity index (χ4v) is 5.40. The molecule has 0 bridgehead atoms. The van der Waals surface area contributed by atoms with Gasteiger partial charge in [0.15, 0.2) is 6.10 Å². The normalized spacial score (nSPS) is 13.7. The van der Waals surface area contributed by atoms with E-state index in [1.807, 2.05) is 36.5 Å². The van der Waals surface area contributed by atoms with Gasteiger partial charge < -0.3 is 24.4 Å². The summed E-state index contributed by atoms with van der Waals surface area (Å²) in [7, 11) is -4.77. The van der Waals surface area contributed by atoms with Crippen molar-refractivity contribution in [2.24, 2.45) is 0 Å². The first kappa shape index (κ1) is 47.0. The number of aliphatic hydroxyl groups is 1. The lowest BCUT2D eigenvalue weighted by Crippen LogP contribution is -2.29. The van der Waals surface area contributed by atoms with Crippen molar-refractivity contribution >= 4 is 19.8 Å². The zero-order valence-electron chi connectivity index (χ0n) is 30.7. The Bertz CT molecular complexity index is 954. The summed E-state index contributed by atoms with van der Waals surface area (Å²) in [5, 5.41) is 9.98. The second-order valence-corrected chi connectivity index (χ2v) is 14.0. The second kappa shape index (κ2) is 34.4. The molecule has 0 aliphatic carbocycles. The fraction of sp³-hybridized carbons (Fsp3) is 0.744. The number of ether oxygens (including phenoxy) is 2. The first-order valence-corrected chi connectivity index (χ1v) is 20.6. The molecule has 3 N–H and O–H groups in total. The zero-order valence-corrected chi connectivity index (χ0v) is 31.6. The van der Waals surface area contributed by atoms with Crippen LogP contribution < -0.4 is 0 Å². The molecule has 0 unspecified atom stereocenters. The van der Waals surface area contributed by atoms with Crippen LogP contribution >= 0.6 is 7.82 Å². The van der Waals surface area contributed by atoms with E-state index in [4.69, 9.17) is 19.3 Å². The molecule has 2 atom stereocenters. The van der Waals surface area contributed by atoms with Crippen LogP contribution in [0.25, 0.3) is 0 Å². The fourth-order valence-electron chi connectivity index (χ4n) is 5.04. The molecule has 0 saturated carbocycles. The van der Waals surface area contributed by atoms with Gasteiger partial charge in [0.1, 0.15) is 6.61 Å². The first-order chi connectivity index (χ1) is 23.7. The number of aliphatic hydroxyl groups excluding tert-OH is 1. The molecule has 0 heterocycles. The van der Waals surface area contributed by atoms with Crippen molar-refractivity contribution in [3.05, 3.63) is 48.6 Å². The van der Waals surface area contributed by atoms with Gasteiger partial charge in [-0.25, -0.2) is 4.57 Å². The van der Waals surface area contributed by atoms with Crippen LogP contribution in [-0.4, -0.2) is 52.3 Å². The van der Waals surface area contributed by atoms with Crippen molar-refractivity contribution < 1.29 is 43.0 Å². The summed E-state index contributed by atoms with van der Waals surface area (Å²) in [6.45, 7) is 3.52. The molecule has 0 amide bonds. The highest BCUT2D eigenvalue weighted by molar-refractivity contribution is 7.46. The average molecular weight is 713 g/mol. The van der Waals surface area contributed by atoms with Crippen LogP contribution in [0.1, 0.15) is 162 Å². The molecule has 0 saturated heterocycles. The minimum Gasteiger partial charge on any atom is -0.462 e. The molecule has 0 radical (unpaired) electrons. The summed E-state index contributed by atoms with van der Waals surface area (Å²) in [5.74, 6) is -0.990. The van der Waals surface area contributed by atoms with Gasteiger partial charge in [-0.05, 0) is 44.9 Å². The Kier molecular flexibility index (Phi) is 33.0. The molecule has 9 nitrogen and oxygen atoms in total. The van der Waals surface area contributed by atoms with E-state index < -0.39 is 38.6 Å². The van der Waals surface area contributed by atoms with Gasteiger partial charge in [-0.1, -0.05) is 152 Å². The summed E-state index contributed by atoms with van der Waals surface area (Å²) < 4.78 is 26.2. The Hall–Kier alpha value is -2.03. The molecule has 0 rings (SSSR count). The second-order valence-electron chi connectivity index (χ2n) is 12.8. The maximum atomic E-state index is 12.3. The number of carbonyl (C=O) groups is 2. The largest absolute Gasteiger partial charge is 0.469 e. The summed E-state index contributed by atoms with van der Waals surface area (Å²) >= 11 is 0. The number of hydrogen-bond acceptors (Lipinski definition) is 7.